The lowest BCUT2D eigenvalue weighted by Gasteiger charge is -2.09. The molecule has 0 bridgehead atoms. The molecule has 4 N–H and O–H groups in total. The Balaban J connectivity index is 1.86. The van der Waals surface area contributed by atoms with E-state index in [0.29, 0.717) is 5.75 Å². The first-order valence-corrected chi connectivity index (χ1v) is 7.63. The van der Waals surface area contributed by atoms with Gasteiger partial charge in [0.1, 0.15) is 5.75 Å². The zero-order valence-corrected chi connectivity index (χ0v) is 14.1. The zero-order chi connectivity index (χ0) is 18.2. The fourth-order valence-electron chi connectivity index (χ4n) is 2.01. The van der Waals surface area contributed by atoms with E-state index in [0.717, 1.165) is 22.4 Å². The van der Waals surface area contributed by atoms with E-state index < -0.39 is 11.9 Å². The lowest BCUT2D eigenvalue weighted by atomic mass is 10.1. The molecule has 0 fully saturated rings. The Bertz CT molecular complexity index is 785. The van der Waals surface area contributed by atoms with Crippen LogP contribution in [0.1, 0.15) is 16.7 Å². The van der Waals surface area contributed by atoms with Crippen molar-refractivity contribution in [1.29, 1.82) is 0 Å². The molecule has 0 unspecified atom stereocenters. The summed E-state index contributed by atoms with van der Waals surface area (Å²) >= 11 is 0. The highest BCUT2D eigenvalue weighted by Crippen LogP contribution is 2.17. The van der Waals surface area contributed by atoms with Crippen LogP contribution in [0.2, 0.25) is 0 Å². The number of carbonyl (C=O) groups is 2. The van der Waals surface area contributed by atoms with Crippen molar-refractivity contribution in [1.82, 2.24) is 5.43 Å². The Labute approximate surface area is 145 Å². The number of nitrogens with two attached hydrogens (primary N) is 1. The smallest absolute Gasteiger partial charge is 0.339 e. The third-order valence-corrected chi connectivity index (χ3v) is 3.49. The number of aryl methyl sites for hydroxylation is 1. The molecule has 0 aliphatic heterocycles. The van der Waals surface area contributed by atoms with Gasteiger partial charge in [0.25, 0.3) is 5.91 Å². The average Bonchev–Trinajstić information content (AvgIpc) is 2.58. The van der Waals surface area contributed by atoms with Crippen molar-refractivity contribution in [3.05, 3.63) is 59.2 Å². The highest BCUT2D eigenvalue weighted by atomic mass is 16.5. The SMILES string of the molecule is Cc1cccc(NC(=O)N/N=C/c2ccc(OCC(N)=O)cc2)c1C. The van der Waals surface area contributed by atoms with Gasteiger partial charge in [-0.1, -0.05) is 12.1 Å². The second kappa shape index (κ2) is 8.49. The number of benzene rings is 2. The molecule has 130 valence electrons. The van der Waals surface area contributed by atoms with E-state index in [1.54, 1.807) is 24.3 Å². The van der Waals surface area contributed by atoms with Crippen molar-refractivity contribution in [2.45, 2.75) is 13.8 Å². The van der Waals surface area contributed by atoms with E-state index in [-0.39, 0.29) is 6.61 Å². The fraction of sp³-hybridized carbons (Fsp3) is 0.167. The van der Waals surface area contributed by atoms with Gasteiger partial charge in [-0.05, 0) is 60.9 Å². The number of nitrogens with one attached hydrogen (secondary N) is 2. The molecule has 0 aromatic heterocycles. The number of carbonyl (C=O) groups excluding carboxylic acids is 2. The molecule has 0 saturated heterocycles. The maximum atomic E-state index is 11.9. The highest BCUT2D eigenvalue weighted by Gasteiger charge is 2.04. The molecule has 0 radical (unpaired) electrons. The van der Waals surface area contributed by atoms with Crippen LogP contribution >= 0.6 is 0 Å². The summed E-state index contributed by atoms with van der Waals surface area (Å²) in [6.45, 7) is 3.75. The molecule has 0 heterocycles. The molecule has 2 aromatic carbocycles. The normalized spacial score (nSPS) is 10.5. The van der Waals surface area contributed by atoms with Crippen molar-refractivity contribution in [3.8, 4) is 5.75 Å². The van der Waals surface area contributed by atoms with Crippen molar-refractivity contribution in [2.75, 3.05) is 11.9 Å². The van der Waals surface area contributed by atoms with Gasteiger partial charge in [-0.2, -0.15) is 5.10 Å². The number of hydrogen-bond donors (Lipinski definition) is 3. The van der Waals surface area contributed by atoms with Gasteiger partial charge in [-0.15, -0.1) is 0 Å². The first kappa shape index (κ1) is 18.0. The van der Waals surface area contributed by atoms with Crippen LogP contribution in [0.4, 0.5) is 10.5 Å². The van der Waals surface area contributed by atoms with E-state index in [1.807, 2.05) is 32.0 Å². The number of rotatable bonds is 6. The zero-order valence-electron chi connectivity index (χ0n) is 14.1. The lowest BCUT2D eigenvalue weighted by Crippen LogP contribution is -2.24. The Hall–Kier alpha value is -3.35. The summed E-state index contributed by atoms with van der Waals surface area (Å²) in [5.41, 5.74) is 11.0. The maximum absolute atomic E-state index is 11.9. The van der Waals surface area contributed by atoms with Gasteiger partial charge in [0, 0.05) is 5.69 Å². The minimum absolute atomic E-state index is 0.173. The predicted octanol–water partition coefficient (Wildman–Crippen LogP) is 2.32. The van der Waals surface area contributed by atoms with Gasteiger partial charge in [-0.25, -0.2) is 10.2 Å². The number of hydrogen-bond acceptors (Lipinski definition) is 4. The number of nitrogens with zero attached hydrogens (tertiary/aromatic N) is 1. The molecule has 0 atom stereocenters. The van der Waals surface area contributed by atoms with E-state index in [4.69, 9.17) is 10.5 Å². The van der Waals surface area contributed by atoms with Gasteiger partial charge < -0.3 is 15.8 Å². The second-order valence-electron chi connectivity index (χ2n) is 5.40. The highest BCUT2D eigenvalue weighted by molar-refractivity contribution is 5.91. The number of urea groups is 1. The molecule has 7 nitrogen and oxygen atoms in total. The van der Waals surface area contributed by atoms with Gasteiger partial charge in [0.2, 0.25) is 0 Å². The quantitative estimate of drug-likeness (QED) is 0.555. The standard InChI is InChI=1S/C18H20N4O3/c1-12-4-3-5-16(13(12)2)21-18(24)22-20-10-14-6-8-15(9-7-14)25-11-17(19)23/h3-10H,11H2,1-2H3,(H2,19,23)(H2,21,22,24)/b20-10+. The van der Waals surface area contributed by atoms with E-state index in [2.05, 4.69) is 15.8 Å². The minimum atomic E-state index is -0.537. The Morgan fingerprint density at radius 2 is 1.88 bits per heavy atom. The Morgan fingerprint density at radius 1 is 1.16 bits per heavy atom. The van der Waals surface area contributed by atoms with Gasteiger partial charge in [0.15, 0.2) is 6.61 Å². The van der Waals surface area contributed by atoms with Crippen LogP contribution in [0.5, 0.6) is 5.75 Å². The maximum Gasteiger partial charge on any atom is 0.339 e. The first-order chi connectivity index (χ1) is 12.0. The second-order valence-corrected chi connectivity index (χ2v) is 5.40. The molecule has 2 aromatic rings. The van der Waals surface area contributed by atoms with Crippen molar-refractivity contribution >= 4 is 23.8 Å². The third kappa shape index (κ3) is 5.65. The van der Waals surface area contributed by atoms with Crippen LogP contribution in [0.15, 0.2) is 47.6 Å². The molecule has 0 aliphatic carbocycles. The van der Waals surface area contributed by atoms with Crippen molar-refractivity contribution in [3.63, 3.8) is 0 Å². The summed E-state index contributed by atoms with van der Waals surface area (Å²) in [5.74, 6) is -0.0127. The van der Waals surface area contributed by atoms with Crippen LogP contribution in [0, 0.1) is 13.8 Å². The summed E-state index contributed by atoms with van der Waals surface area (Å²) in [4.78, 5) is 22.5. The number of ether oxygens (including phenoxy) is 1. The Kier molecular flexibility index (Phi) is 6.11. The number of amides is 3. The van der Waals surface area contributed by atoms with Crippen LogP contribution in [0.25, 0.3) is 0 Å². The number of primary amides is 1. The molecule has 0 saturated carbocycles. The summed E-state index contributed by atoms with van der Waals surface area (Å²) in [7, 11) is 0. The molecule has 25 heavy (non-hydrogen) atoms. The lowest BCUT2D eigenvalue weighted by molar-refractivity contribution is -0.119. The number of anilines is 1. The third-order valence-electron chi connectivity index (χ3n) is 3.49. The van der Waals surface area contributed by atoms with E-state index in [9.17, 15) is 9.59 Å². The Morgan fingerprint density at radius 3 is 2.56 bits per heavy atom. The fourth-order valence-corrected chi connectivity index (χ4v) is 2.01. The largest absolute Gasteiger partial charge is 0.484 e. The van der Waals surface area contributed by atoms with Crippen molar-refractivity contribution < 1.29 is 14.3 Å². The summed E-state index contributed by atoms with van der Waals surface area (Å²) < 4.78 is 5.15. The van der Waals surface area contributed by atoms with E-state index in [1.165, 1.54) is 6.21 Å². The monoisotopic (exact) mass is 340 g/mol. The summed E-state index contributed by atoms with van der Waals surface area (Å²) in [5, 5.41) is 6.64. The molecule has 7 heteroatoms. The predicted molar refractivity (Wildman–Crippen MR) is 96.8 cm³/mol. The summed E-state index contributed by atoms with van der Waals surface area (Å²) in [6.07, 6.45) is 1.50. The molecular weight excluding hydrogens is 320 g/mol. The van der Waals surface area contributed by atoms with E-state index >= 15 is 0 Å². The molecule has 0 aliphatic rings. The van der Waals surface area contributed by atoms with Crippen molar-refractivity contribution in [2.24, 2.45) is 10.8 Å². The molecule has 0 spiro atoms. The van der Waals surface area contributed by atoms with Gasteiger partial charge >= 0.3 is 6.03 Å². The van der Waals surface area contributed by atoms with Crippen LogP contribution in [-0.2, 0) is 4.79 Å². The average molecular weight is 340 g/mol. The van der Waals surface area contributed by atoms with Gasteiger partial charge in [0.05, 0.1) is 6.21 Å². The number of hydrazone groups is 1. The molecule has 2 rings (SSSR count). The summed E-state index contributed by atoms with van der Waals surface area (Å²) in [6, 6.07) is 12.1. The van der Waals surface area contributed by atoms with Gasteiger partial charge in [-0.3, -0.25) is 4.79 Å². The topological polar surface area (TPSA) is 106 Å². The minimum Gasteiger partial charge on any atom is -0.484 e. The van der Waals surface area contributed by atoms with Crippen LogP contribution < -0.4 is 21.2 Å². The molecule has 3 amide bonds. The first-order valence-electron chi connectivity index (χ1n) is 7.63. The van der Waals surface area contributed by atoms with Crippen LogP contribution in [0.3, 0.4) is 0 Å². The van der Waals surface area contributed by atoms with Crippen LogP contribution in [-0.4, -0.2) is 24.8 Å². The molecular formula is C18H20N4O3.